The van der Waals surface area contributed by atoms with Crippen LogP contribution in [0.25, 0.3) is 0 Å². The summed E-state index contributed by atoms with van der Waals surface area (Å²) in [6.07, 6.45) is 4.90. The van der Waals surface area contributed by atoms with Gasteiger partial charge in [-0.2, -0.15) is 0 Å². The predicted octanol–water partition coefficient (Wildman–Crippen LogP) is 1.02. The van der Waals surface area contributed by atoms with Crippen molar-refractivity contribution in [2.45, 2.75) is 38.6 Å². The Morgan fingerprint density at radius 1 is 1.40 bits per heavy atom. The van der Waals surface area contributed by atoms with Gasteiger partial charge in [0.15, 0.2) is 0 Å². The fraction of sp³-hybridized carbons (Fsp3) is 0.636. The molecular weight excluding hydrogens is 192 g/mol. The molecule has 0 radical (unpaired) electrons. The quantitative estimate of drug-likeness (QED) is 0.746. The second kappa shape index (κ2) is 3.08. The van der Waals surface area contributed by atoms with Gasteiger partial charge in [-0.1, -0.05) is 0 Å². The topological polar surface area (TPSA) is 55.1 Å². The molecule has 1 atom stereocenters. The van der Waals surface area contributed by atoms with E-state index in [0.29, 0.717) is 6.54 Å². The molecule has 4 heteroatoms. The summed E-state index contributed by atoms with van der Waals surface area (Å²) >= 11 is 0. The van der Waals surface area contributed by atoms with Crippen LogP contribution in [0.3, 0.4) is 0 Å². The van der Waals surface area contributed by atoms with E-state index in [9.17, 15) is 4.79 Å². The van der Waals surface area contributed by atoms with Gasteiger partial charge in [-0.05, 0) is 25.7 Å². The Kier molecular flexibility index (Phi) is 1.84. The summed E-state index contributed by atoms with van der Waals surface area (Å²) in [5.41, 5.74) is 2.52. The lowest BCUT2D eigenvalue weighted by molar-refractivity contribution is -0.142. The largest absolute Gasteiger partial charge is 0.481 e. The van der Waals surface area contributed by atoms with Crippen molar-refractivity contribution in [3.8, 4) is 0 Å². The van der Waals surface area contributed by atoms with E-state index in [4.69, 9.17) is 5.11 Å². The van der Waals surface area contributed by atoms with E-state index in [1.807, 2.05) is 0 Å². The SMILES string of the molecule is O=C(O)C1CCc2nc3c(n2C1)CCC3. The number of carbonyl (C=O) groups is 1. The molecule has 1 N–H and O–H groups in total. The first kappa shape index (κ1) is 8.95. The Bertz CT molecular complexity index is 422. The van der Waals surface area contributed by atoms with Crippen LogP contribution in [0, 0.1) is 5.92 Å². The van der Waals surface area contributed by atoms with Gasteiger partial charge in [0.25, 0.3) is 0 Å². The summed E-state index contributed by atoms with van der Waals surface area (Å²) in [6, 6.07) is 0. The zero-order valence-corrected chi connectivity index (χ0v) is 8.57. The first-order valence-corrected chi connectivity index (χ1v) is 5.55. The number of aryl methyl sites for hydroxylation is 2. The monoisotopic (exact) mass is 206 g/mol. The number of carboxylic acid groups (broad SMARTS) is 1. The smallest absolute Gasteiger partial charge is 0.308 e. The summed E-state index contributed by atoms with van der Waals surface area (Å²) in [7, 11) is 0. The molecule has 0 bridgehead atoms. The molecule has 1 aliphatic carbocycles. The molecular formula is C11H14N2O2. The average molecular weight is 206 g/mol. The van der Waals surface area contributed by atoms with Crippen LogP contribution in [0.15, 0.2) is 0 Å². The van der Waals surface area contributed by atoms with Crippen LogP contribution in [-0.4, -0.2) is 20.6 Å². The number of aromatic nitrogens is 2. The summed E-state index contributed by atoms with van der Waals surface area (Å²) in [5, 5.41) is 9.02. The molecule has 0 saturated heterocycles. The van der Waals surface area contributed by atoms with Crippen molar-refractivity contribution in [2.24, 2.45) is 5.92 Å². The van der Waals surface area contributed by atoms with Gasteiger partial charge in [-0.25, -0.2) is 4.98 Å². The maximum atomic E-state index is 11.0. The Morgan fingerprint density at radius 2 is 2.27 bits per heavy atom. The number of fused-ring (bicyclic) bond motifs is 3. The van der Waals surface area contributed by atoms with Crippen LogP contribution in [0.1, 0.15) is 30.1 Å². The number of rotatable bonds is 1. The van der Waals surface area contributed by atoms with Gasteiger partial charge in [0.05, 0.1) is 11.6 Å². The standard InChI is InChI=1S/C11H14N2O2/c14-11(15)7-4-5-10-12-8-2-1-3-9(8)13(10)6-7/h7H,1-6H2,(H,14,15). The van der Waals surface area contributed by atoms with Gasteiger partial charge < -0.3 is 9.67 Å². The molecule has 3 rings (SSSR count). The number of hydrogen-bond donors (Lipinski definition) is 1. The summed E-state index contributed by atoms with van der Waals surface area (Å²) in [4.78, 5) is 15.5. The maximum Gasteiger partial charge on any atom is 0.308 e. The predicted molar refractivity (Wildman–Crippen MR) is 53.7 cm³/mol. The van der Waals surface area contributed by atoms with Crippen LogP contribution in [0.2, 0.25) is 0 Å². The van der Waals surface area contributed by atoms with E-state index in [-0.39, 0.29) is 5.92 Å². The molecule has 1 aliphatic heterocycles. The zero-order valence-electron chi connectivity index (χ0n) is 8.57. The van der Waals surface area contributed by atoms with E-state index in [0.717, 1.165) is 31.5 Å². The highest BCUT2D eigenvalue weighted by atomic mass is 16.4. The third kappa shape index (κ3) is 1.28. The molecule has 4 nitrogen and oxygen atoms in total. The van der Waals surface area contributed by atoms with E-state index < -0.39 is 5.97 Å². The minimum absolute atomic E-state index is 0.212. The highest BCUT2D eigenvalue weighted by Gasteiger charge is 2.29. The maximum absolute atomic E-state index is 11.0. The van der Waals surface area contributed by atoms with Crippen molar-refractivity contribution in [1.29, 1.82) is 0 Å². The Labute approximate surface area is 87.9 Å². The molecule has 15 heavy (non-hydrogen) atoms. The molecule has 2 aliphatic rings. The number of imidazole rings is 1. The van der Waals surface area contributed by atoms with Crippen LogP contribution in [-0.2, 0) is 30.6 Å². The van der Waals surface area contributed by atoms with E-state index in [1.54, 1.807) is 0 Å². The first-order valence-electron chi connectivity index (χ1n) is 5.55. The second-order valence-electron chi connectivity index (χ2n) is 4.46. The lowest BCUT2D eigenvalue weighted by atomic mass is 9.99. The Morgan fingerprint density at radius 3 is 3.07 bits per heavy atom. The first-order chi connectivity index (χ1) is 7.25. The van der Waals surface area contributed by atoms with Crippen molar-refractivity contribution in [1.82, 2.24) is 9.55 Å². The van der Waals surface area contributed by atoms with Crippen molar-refractivity contribution in [3.05, 3.63) is 17.2 Å². The molecule has 2 heterocycles. The van der Waals surface area contributed by atoms with Gasteiger partial charge in [0.2, 0.25) is 0 Å². The van der Waals surface area contributed by atoms with E-state index >= 15 is 0 Å². The van der Waals surface area contributed by atoms with Crippen LogP contribution in [0.5, 0.6) is 0 Å². The molecule has 0 aromatic carbocycles. The molecule has 1 unspecified atom stereocenters. The van der Waals surface area contributed by atoms with Gasteiger partial charge >= 0.3 is 5.97 Å². The lowest BCUT2D eigenvalue weighted by Gasteiger charge is -2.21. The number of nitrogens with zero attached hydrogens (tertiary/aromatic N) is 2. The van der Waals surface area contributed by atoms with Crippen molar-refractivity contribution >= 4 is 5.97 Å². The fourth-order valence-corrected chi connectivity index (χ4v) is 2.72. The fourth-order valence-electron chi connectivity index (χ4n) is 2.72. The molecule has 1 aromatic rings. The van der Waals surface area contributed by atoms with Crippen molar-refractivity contribution in [3.63, 3.8) is 0 Å². The molecule has 0 saturated carbocycles. The molecule has 0 fully saturated rings. The third-order valence-electron chi connectivity index (χ3n) is 3.53. The molecule has 0 spiro atoms. The Balaban J connectivity index is 1.97. The molecule has 0 amide bonds. The summed E-state index contributed by atoms with van der Waals surface area (Å²) in [6.45, 7) is 0.632. The average Bonchev–Trinajstić information content (AvgIpc) is 2.75. The van der Waals surface area contributed by atoms with Crippen molar-refractivity contribution in [2.75, 3.05) is 0 Å². The van der Waals surface area contributed by atoms with Gasteiger partial charge in [0.1, 0.15) is 5.82 Å². The van der Waals surface area contributed by atoms with Gasteiger partial charge in [0, 0.05) is 18.7 Å². The third-order valence-corrected chi connectivity index (χ3v) is 3.53. The number of carboxylic acids is 1. The zero-order chi connectivity index (χ0) is 10.4. The van der Waals surface area contributed by atoms with Gasteiger partial charge in [-0.3, -0.25) is 4.79 Å². The second-order valence-corrected chi connectivity index (χ2v) is 4.46. The molecule has 1 aromatic heterocycles. The normalized spacial score (nSPS) is 23.6. The van der Waals surface area contributed by atoms with Crippen molar-refractivity contribution < 1.29 is 9.90 Å². The summed E-state index contributed by atoms with van der Waals surface area (Å²) < 4.78 is 2.16. The molecule has 80 valence electrons. The minimum Gasteiger partial charge on any atom is -0.481 e. The number of aliphatic carboxylic acids is 1. The van der Waals surface area contributed by atoms with Crippen LogP contribution < -0.4 is 0 Å². The summed E-state index contributed by atoms with van der Waals surface area (Å²) in [5.74, 6) is 0.231. The highest BCUT2D eigenvalue weighted by molar-refractivity contribution is 5.70. The number of hydrogen-bond acceptors (Lipinski definition) is 2. The minimum atomic E-state index is -0.666. The Hall–Kier alpha value is -1.32. The lowest BCUT2D eigenvalue weighted by Crippen LogP contribution is -2.27. The van der Waals surface area contributed by atoms with E-state index in [2.05, 4.69) is 9.55 Å². The van der Waals surface area contributed by atoms with Crippen LogP contribution in [0.4, 0.5) is 0 Å². The van der Waals surface area contributed by atoms with Crippen LogP contribution >= 0.6 is 0 Å². The highest BCUT2D eigenvalue weighted by Crippen LogP contribution is 2.28. The van der Waals surface area contributed by atoms with Gasteiger partial charge in [-0.15, -0.1) is 0 Å². The van der Waals surface area contributed by atoms with E-state index in [1.165, 1.54) is 17.8 Å².